The lowest BCUT2D eigenvalue weighted by molar-refractivity contribution is 0.0686. The minimum absolute atomic E-state index is 0.0252. The Morgan fingerprint density at radius 3 is 2.37 bits per heavy atom. The average molecular weight is 433 g/mol. The van der Waals surface area contributed by atoms with Crippen molar-refractivity contribution in [1.29, 1.82) is 0 Å². The number of nitrogens with zero attached hydrogens (tertiary/aromatic N) is 2. The maximum atomic E-state index is 12.9. The van der Waals surface area contributed by atoms with E-state index in [1.165, 1.54) is 32.3 Å². The second kappa shape index (κ2) is 9.35. The van der Waals surface area contributed by atoms with E-state index in [0.717, 1.165) is 32.1 Å². The van der Waals surface area contributed by atoms with E-state index in [9.17, 15) is 13.2 Å². The monoisotopic (exact) mass is 432 g/mol. The largest absolute Gasteiger partial charge is 0.477 e. The van der Waals surface area contributed by atoms with E-state index in [0.29, 0.717) is 24.9 Å². The molecule has 1 saturated heterocycles. The van der Waals surface area contributed by atoms with Crippen molar-refractivity contribution in [3.8, 4) is 0 Å². The van der Waals surface area contributed by atoms with Crippen LogP contribution < -0.4 is 0 Å². The highest BCUT2D eigenvalue weighted by molar-refractivity contribution is 7.89. The fourth-order valence-corrected chi connectivity index (χ4v) is 5.64. The summed E-state index contributed by atoms with van der Waals surface area (Å²) < 4.78 is 28.6. The molecule has 0 bridgehead atoms. The number of rotatable bonds is 8. The molecule has 1 atom stereocenters. The lowest BCUT2D eigenvalue weighted by Gasteiger charge is -2.31. The van der Waals surface area contributed by atoms with Gasteiger partial charge in [0.05, 0.1) is 0 Å². The van der Waals surface area contributed by atoms with Crippen LogP contribution in [0.25, 0.3) is 0 Å². The topological polar surface area (TPSA) is 79.6 Å². The van der Waals surface area contributed by atoms with Gasteiger partial charge >= 0.3 is 5.97 Å². The van der Waals surface area contributed by atoms with Gasteiger partial charge in [0.2, 0.25) is 10.0 Å². The molecule has 1 N–H and O–H groups in total. The summed E-state index contributed by atoms with van der Waals surface area (Å²) in [5.74, 6) is -0.0348. The molecule has 0 radical (unpaired) electrons. The molecule has 3 rings (SSSR count). The summed E-state index contributed by atoms with van der Waals surface area (Å²) in [5, 5.41) is 9.17. The van der Waals surface area contributed by atoms with Crippen molar-refractivity contribution in [2.75, 3.05) is 13.1 Å². The Balaban J connectivity index is 1.54. The van der Waals surface area contributed by atoms with Crippen LogP contribution in [0.5, 0.6) is 0 Å². The van der Waals surface area contributed by atoms with Crippen molar-refractivity contribution in [2.24, 2.45) is 13.0 Å². The quantitative estimate of drug-likeness (QED) is 0.676. The number of piperidine rings is 1. The molecule has 0 amide bonds. The maximum Gasteiger partial charge on any atom is 0.352 e. The summed E-state index contributed by atoms with van der Waals surface area (Å²) in [7, 11) is -2.11. The number of aromatic nitrogens is 1. The number of aromatic carboxylic acids is 1. The number of carbonyl (C=O) groups is 1. The van der Waals surface area contributed by atoms with Crippen LogP contribution in [-0.2, 0) is 23.5 Å². The number of aryl methyl sites for hydroxylation is 2. The van der Waals surface area contributed by atoms with Crippen molar-refractivity contribution >= 4 is 16.0 Å². The number of hydrogen-bond donors (Lipinski definition) is 1. The van der Waals surface area contributed by atoms with Gasteiger partial charge in [-0.05, 0) is 61.1 Å². The summed E-state index contributed by atoms with van der Waals surface area (Å²) in [5.41, 5.74) is 2.69. The number of carboxylic acid groups (broad SMARTS) is 1. The second-order valence-electron chi connectivity index (χ2n) is 8.41. The first-order valence-electron chi connectivity index (χ1n) is 10.7. The zero-order valence-electron chi connectivity index (χ0n) is 18.0. The highest BCUT2D eigenvalue weighted by Crippen LogP contribution is 2.28. The Morgan fingerprint density at radius 2 is 1.83 bits per heavy atom. The fraction of sp³-hybridized carbons (Fsp3) is 0.522. The van der Waals surface area contributed by atoms with Gasteiger partial charge in [0.25, 0.3) is 0 Å². The number of hydrogen-bond acceptors (Lipinski definition) is 3. The van der Waals surface area contributed by atoms with Gasteiger partial charge in [0.1, 0.15) is 10.6 Å². The van der Waals surface area contributed by atoms with Crippen molar-refractivity contribution < 1.29 is 18.3 Å². The van der Waals surface area contributed by atoms with Gasteiger partial charge in [-0.2, -0.15) is 4.31 Å². The molecule has 0 spiro atoms. The summed E-state index contributed by atoms with van der Waals surface area (Å²) in [6.45, 7) is 5.41. The zero-order chi connectivity index (χ0) is 21.9. The highest BCUT2D eigenvalue weighted by atomic mass is 32.2. The predicted molar refractivity (Wildman–Crippen MR) is 117 cm³/mol. The lowest BCUT2D eigenvalue weighted by atomic mass is 9.90. The molecule has 2 aromatic rings. The third kappa shape index (κ3) is 4.95. The Bertz CT molecular complexity index is 971. The summed E-state index contributed by atoms with van der Waals surface area (Å²) in [4.78, 5) is 11.3. The van der Waals surface area contributed by atoms with Crippen LogP contribution in [0.3, 0.4) is 0 Å². The zero-order valence-corrected chi connectivity index (χ0v) is 18.9. The third-order valence-corrected chi connectivity index (χ3v) is 8.28. The molecular weight excluding hydrogens is 400 g/mol. The molecule has 2 heterocycles. The molecule has 164 valence electrons. The average Bonchev–Trinajstić information content (AvgIpc) is 3.15. The molecule has 0 saturated carbocycles. The van der Waals surface area contributed by atoms with Crippen LogP contribution in [0.15, 0.2) is 41.4 Å². The molecule has 0 aliphatic carbocycles. The number of benzene rings is 1. The molecule has 7 heteroatoms. The van der Waals surface area contributed by atoms with E-state index >= 15 is 0 Å². The van der Waals surface area contributed by atoms with Crippen LogP contribution in [0.1, 0.15) is 67.1 Å². The molecule has 1 aromatic heterocycles. The van der Waals surface area contributed by atoms with Crippen molar-refractivity contribution in [1.82, 2.24) is 8.87 Å². The Hall–Kier alpha value is -2.12. The van der Waals surface area contributed by atoms with Crippen LogP contribution in [0.4, 0.5) is 0 Å². The van der Waals surface area contributed by atoms with Gasteiger partial charge in [-0.1, -0.05) is 38.1 Å². The minimum atomic E-state index is -3.65. The normalized spacial score (nSPS) is 17.2. The minimum Gasteiger partial charge on any atom is -0.477 e. The van der Waals surface area contributed by atoms with E-state index < -0.39 is 16.0 Å². The first-order valence-corrected chi connectivity index (χ1v) is 12.1. The third-order valence-electron chi connectivity index (χ3n) is 6.41. The van der Waals surface area contributed by atoms with Crippen molar-refractivity contribution in [3.63, 3.8) is 0 Å². The van der Waals surface area contributed by atoms with Gasteiger partial charge in [0.15, 0.2) is 0 Å². The first-order chi connectivity index (χ1) is 14.2. The van der Waals surface area contributed by atoms with E-state index in [1.807, 2.05) is 0 Å². The van der Waals surface area contributed by atoms with Crippen LogP contribution >= 0.6 is 0 Å². The highest BCUT2D eigenvalue weighted by Gasteiger charge is 2.31. The van der Waals surface area contributed by atoms with Crippen LogP contribution in [0, 0.1) is 5.92 Å². The summed E-state index contributed by atoms with van der Waals surface area (Å²) in [6, 6.07) is 10.1. The Labute approximate surface area is 179 Å². The molecule has 30 heavy (non-hydrogen) atoms. The van der Waals surface area contributed by atoms with Crippen molar-refractivity contribution in [3.05, 3.63) is 53.3 Å². The van der Waals surface area contributed by atoms with Crippen LogP contribution in [0.2, 0.25) is 0 Å². The molecule has 1 fully saturated rings. The number of carboxylic acids is 1. The fourth-order valence-electron chi connectivity index (χ4n) is 4.09. The van der Waals surface area contributed by atoms with Gasteiger partial charge in [-0.25, -0.2) is 13.2 Å². The molecule has 1 unspecified atom stereocenters. The SMILES string of the molecule is CCC(C)c1ccc(CCC2CCN(S(=O)(=O)c3cc(C(=O)O)n(C)c3)CC2)cc1. The molecular formula is C23H32N2O4S. The molecule has 6 nitrogen and oxygen atoms in total. The Morgan fingerprint density at radius 1 is 1.20 bits per heavy atom. The van der Waals surface area contributed by atoms with E-state index in [-0.39, 0.29) is 10.6 Å². The standard InChI is InChI=1S/C23H32N2O4S/c1-4-17(2)20-9-7-18(8-10-20)5-6-19-11-13-25(14-12-19)30(28,29)21-15-22(23(26)27)24(3)16-21/h7-10,15-17,19H,4-6,11-14H2,1-3H3,(H,26,27). The van der Waals surface area contributed by atoms with E-state index in [4.69, 9.17) is 5.11 Å². The molecule has 1 aromatic carbocycles. The lowest BCUT2D eigenvalue weighted by Crippen LogP contribution is -2.38. The van der Waals surface area contributed by atoms with Crippen LogP contribution in [-0.4, -0.2) is 41.5 Å². The second-order valence-corrected chi connectivity index (χ2v) is 10.4. The molecule has 1 aliphatic heterocycles. The van der Waals surface area contributed by atoms with Gasteiger partial charge < -0.3 is 9.67 Å². The van der Waals surface area contributed by atoms with Crippen molar-refractivity contribution in [2.45, 2.75) is 56.8 Å². The number of sulfonamides is 1. The van der Waals surface area contributed by atoms with E-state index in [1.54, 1.807) is 7.05 Å². The van der Waals surface area contributed by atoms with Gasteiger partial charge in [-0.15, -0.1) is 0 Å². The van der Waals surface area contributed by atoms with Gasteiger partial charge in [-0.3, -0.25) is 0 Å². The summed E-state index contributed by atoms with van der Waals surface area (Å²) in [6.07, 6.45) is 6.27. The van der Waals surface area contributed by atoms with E-state index in [2.05, 4.69) is 38.1 Å². The summed E-state index contributed by atoms with van der Waals surface area (Å²) >= 11 is 0. The first kappa shape index (κ1) is 22.6. The molecule has 1 aliphatic rings. The van der Waals surface area contributed by atoms with Gasteiger partial charge in [0, 0.05) is 26.3 Å². The maximum absolute atomic E-state index is 12.9. The Kier molecular flexibility index (Phi) is 7.03. The predicted octanol–water partition coefficient (Wildman–Crippen LogP) is 4.27. The smallest absolute Gasteiger partial charge is 0.352 e.